The van der Waals surface area contributed by atoms with E-state index in [1.54, 1.807) is 6.92 Å². The first-order chi connectivity index (χ1) is 16.3. The van der Waals surface area contributed by atoms with Gasteiger partial charge in [-0.2, -0.15) is 0 Å². The molecule has 0 heterocycles. The molecule has 0 unspecified atom stereocenters. The molecule has 8 heteroatoms. The van der Waals surface area contributed by atoms with Crippen molar-refractivity contribution in [3.63, 3.8) is 0 Å². The van der Waals surface area contributed by atoms with Gasteiger partial charge in [0.05, 0.1) is 6.42 Å². The number of allylic oxidation sites excluding steroid dienone is 1. The Morgan fingerprint density at radius 2 is 1.44 bits per heavy atom. The number of aliphatic carboxylic acids is 1. The van der Waals surface area contributed by atoms with Crippen LogP contribution < -0.4 is 11.1 Å². The standard InChI is InChI=1S/C26H46N2O6/c1-3-5-6-7-8-9-10-11-12-13-14-17-21(20-23(27)29)34-26(33)22(18-15-19-25(31)32)28-24(30)16-4-2/h4,16,21-22H,3,5-15,17-20H2,1-2H3,(H2,27,29)(H,28,30)(H,31,32)/t21-,22-/m0/s1. The van der Waals surface area contributed by atoms with Crippen LogP contribution >= 0.6 is 0 Å². The summed E-state index contributed by atoms with van der Waals surface area (Å²) >= 11 is 0. The van der Waals surface area contributed by atoms with Crippen molar-refractivity contribution >= 4 is 23.8 Å². The summed E-state index contributed by atoms with van der Waals surface area (Å²) < 4.78 is 5.53. The number of rotatable bonds is 22. The van der Waals surface area contributed by atoms with E-state index in [2.05, 4.69) is 12.2 Å². The number of amides is 2. The number of carbonyl (C=O) groups excluding carboxylic acids is 3. The van der Waals surface area contributed by atoms with E-state index in [0.717, 1.165) is 19.3 Å². The first-order valence-corrected chi connectivity index (χ1v) is 12.9. The smallest absolute Gasteiger partial charge is 0.328 e. The lowest BCUT2D eigenvalue weighted by atomic mass is 10.0. The molecule has 196 valence electrons. The maximum atomic E-state index is 12.7. The van der Waals surface area contributed by atoms with Crippen molar-refractivity contribution in [3.8, 4) is 0 Å². The predicted molar refractivity (Wildman–Crippen MR) is 133 cm³/mol. The molecule has 8 nitrogen and oxygen atoms in total. The number of carboxylic acids is 1. The Kier molecular flexibility index (Phi) is 19.7. The molecule has 34 heavy (non-hydrogen) atoms. The SMILES string of the molecule is CC=CC(=O)N[C@@H](CCCC(=O)O)C(=O)O[C@@H](CCCCCCCCCCCCC)CC(N)=O. The quantitative estimate of drug-likeness (QED) is 0.115. The summed E-state index contributed by atoms with van der Waals surface area (Å²) in [6.07, 6.45) is 16.0. The highest BCUT2D eigenvalue weighted by Gasteiger charge is 2.25. The molecule has 0 fully saturated rings. The molecule has 0 aliphatic heterocycles. The number of carboxylic acid groups (broad SMARTS) is 1. The second kappa shape index (κ2) is 21.2. The van der Waals surface area contributed by atoms with Crippen molar-refractivity contribution in [2.45, 2.75) is 129 Å². The fourth-order valence-corrected chi connectivity index (χ4v) is 3.79. The minimum absolute atomic E-state index is 0.0752. The molecule has 2 amide bonds. The van der Waals surface area contributed by atoms with Gasteiger partial charge in [0, 0.05) is 6.42 Å². The predicted octanol–water partition coefficient (Wildman–Crippen LogP) is 4.79. The number of hydrogen-bond donors (Lipinski definition) is 3. The highest BCUT2D eigenvalue weighted by atomic mass is 16.5. The van der Waals surface area contributed by atoms with Crippen LogP contribution in [0.25, 0.3) is 0 Å². The van der Waals surface area contributed by atoms with E-state index >= 15 is 0 Å². The number of carbonyl (C=O) groups is 4. The van der Waals surface area contributed by atoms with E-state index in [4.69, 9.17) is 15.6 Å². The van der Waals surface area contributed by atoms with Crippen LogP contribution in [0.2, 0.25) is 0 Å². The second-order valence-electron chi connectivity index (χ2n) is 8.90. The van der Waals surface area contributed by atoms with E-state index in [0.29, 0.717) is 6.42 Å². The van der Waals surface area contributed by atoms with Crippen molar-refractivity contribution in [1.82, 2.24) is 5.32 Å². The molecular formula is C26H46N2O6. The Hall–Kier alpha value is -2.38. The van der Waals surface area contributed by atoms with Gasteiger partial charge in [0.15, 0.2) is 0 Å². The van der Waals surface area contributed by atoms with E-state index in [1.165, 1.54) is 63.5 Å². The molecule has 4 N–H and O–H groups in total. The Balaban J connectivity index is 4.50. The van der Waals surface area contributed by atoms with Gasteiger partial charge in [0.2, 0.25) is 11.8 Å². The number of esters is 1. The number of unbranched alkanes of at least 4 members (excludes halogenated alkanes) is 10. The minimum atomic E-state index is -0.977. The van der Waals surface area contributed by atoms with Gasteiger partial charge in [-0.3, -0.25) is 14.4 Å². The Morgan fingerprint density at radius 3 is 1.94 bits per heavy atom. The molecule has 0 bridgehead atoms. The van der Waals surface area contributed by atoms with Crippen LogP contribution in [-0.4, -0.2) is 41.0 Å². The molecule has 0 aromatic carbocycles. The average molecular weight is 483 g/mol. The average Bonchev–Trinajstić information content (AvgIpc) is 2.76. The van der Waals surface area contributed by atoms with Crippen LogP contribution in [0.5, 0.6) is 0 Å². The zero-order valence-electron chi connectivity index (χ0n) is 21.2. The number of nitrogens with two attached hydrogens (primary N) is 1. The fourth-order valence-electron chi connectivity index (χ4n) is 3.79. The van der Waals surface area contributed by atoms with Crippen molar-refractivity contribution < 1.29 is 29.0 Å². The van der Waals surface area contributed by atoms with Gasteiger partial charge in [-0.05, 0) is 38.7 Å². The Labute approximate surface area is 205 Å². The minimum Gasteiger partial charge on any atom is -0.481 e. The van der Waals surface area contributed by atoms with Gasteiger partial charge in [-0.15, -0.1) is 0 Å². The zero-order chi connectivity index (χ0) is 25.6. The van der Waals surface area contributed by atoms with E-state index < -0.39 is 35.9 Å². The van der Waals surface area contributed by atoms with E-state index in [1.807, 2.05) is 0 Å². The van der Waals surface area contributed by atoms with Gasteiger partial charge in [-0.25, -0.2) is 4.79 Å². The summed E-state index contributed by atoms with van der Waals surface area (Å²) in [4.78, 5) is 46.8. The first-order valence-electron chi connectivity index (χ1n) is 12.9. The normalized spacial score (nSPS) is 12.9. The fraction of sp³-hybridized carbons (Fsp3) is 0.769. The number of primary amides is 1. The Morgan fingerprint density at radius 1 is 0.882 bits per heavy atom. The molecule has 0 spiro atoms. The summed E-state index contributed by atoms with van der Waals surface area (Å²) in [6.45, 7) is 3.90. The van der Waals surface area contributed by atoms with Crippen LogP contribution in [0.4, 0.5) is 0 Å². The van der Waals surface area contributed by atoms with Crippen molar-refractivity contribution in [1.29, 1.82) is 0 Å². The molecule has 0 radical (unpaired) electrons. The Bertz CT molecular complexity index is 620. The summed E-state index contributed by atoms with van der Waals surface area (Å²) in [5.41, 5.74) is 5.33. The highest BCUT2D eigenvalue weighted by molar-refractivity contribution is 5.91. The monoisotopic (exact) mass is 482 g/mol. The van der Waals surface area contributed by atoms with Crippen LogP contribution in [0.1, 0.15) is 117 Å². The molecule has 2 atom stereocenters. The van der Waals surface area contributed by atoms with Crippen LogP contribution in [-0.2, 0) is 23.9 Å². The van der Waals surface area contributed by atoms with Gasteiger partial charge < -0.3 is 20.9 Å². The maximum Gasteiger partial charge on any atom is 0.328 e. The van der Waals surface area contributed by atoms with Gasteiger partial charge in [0.25, 0.3) is 0 Å². The number of nitrogens with one attached hydrogen (secondary N) is 1. The van der Waals surface area contributed by atoms with Crippen molar-refractivity contribution in [2.75, 3.05) is 0 Å². The third kappa shape index (κ3) is 19.1. The molecule has 0 aliphatic rings. The van der Waals surface area contributed by atoms with Crippen LogP contribution in [0.15, 0.2) is 12.2 Å². The number of hydrogen-bond acceptors (Lipinski definition) is 5. The van der Waals surface area contributed by atoms with Gasteiger partial charge in [0.1, 0.15) is 12.1 Å². The third-order valence-electron chi connectivity index (χ3n) is 5.64. The third-order valence-corrected chi connectivity index (χ3v) is 5.64. The lowest BCUT2D eigenvalue weighted by Gasteiger charge is -2.22. The zero-order valence-corrected chi connectivity index (χ0v) is 21.2. The van der Waals surface area contributed by atoms with Crippen LogP contribution in [0, 0.1) is 0 Å². The van der Waals surface area contributed by atoms with Crippen molar-refractivity contribution in [2.24, 2.45) is 5.73 Å². The van der Waals surface area contributed by atoms with Crippen LogP contribution in [0.3, 0.4) is 0 Å². The molecule has 0 rings (SSSR count). The summed E-state index contributed by atoms with van der Waals surface area (Å²) in [6, 6.07) is -0.976. The lowest BCUT2D eigenvalue weighted by Crippen LogP contribution is -2.43. The first kappa shape index (κ1) is 31.6. The topological polar surface area (TPSA) is 136 Å². The molecule has 0 saturated heterocycles. The van der Waals surface area contributed by atoms with Gasteiger partial charge in [-0.1, -0.05) is 77.2 Å². The largest absolute Gasteiger partial charge is 0.481 e. The van der Waals surface area contributed by atoms with Gasteiger partial charge >= 0.3 is 11.9 Å². The molecule has 0 aromatic heterocycles. The second-order valence-corrected chi connectivity index (χ2v) is 8.90. The van der Waals surface area contributed by atoms with E-state index in [-0.39, 0.29) is 25.7 Å². The summed E-state index contributed by atoms with van der Waals surface area (Å²) in [7, 11) is 0. The highest BCUT2D eigenvalue weighted by Crippen LogP contribution is 2.16. The molecule has 0 aliphatic carbocycles. The van der Waals surface area contributed by atoms with E-state index in [9.17, 15) is 19.2 Å². The molecular weight excluding hydrogens is 436 g/mol. The summed E-state index contributed by atoms with van der Waals surface area (Å²) in [5, 5.41) is 11.4. The molecule has 0 aromatic rings. The number of ether oxygens (including phenoxy) is 1. The maximum absolute atomic E-state index is 12.7. The molecule has 0 saturated carbocycles. The lowest BCUT2D eigenvalue weighted by molar-refractivity contribution is -0.154. The summed E-state index contributed by atoms with van der Waals surface area (Å²) in [5.74, 6) is -2.66. The van der Waals surface area contributed by atoms with Crippen molar-refractivity contribution in [3.05, 3.63) is 12.2 Å².